The topological polar surface area (TPSA) is 58.1 Å². The number of carbonyl (C=O) groups excluding carboxylic acids is 1. The van der Waals surface area contributed by atoms with E-state index in [0.717, 1.165) is 18.8 Å². The first-order valence-electron chi connectivity index (χ1n) is 8.89. The second kappa shape index (κ2) is 8.27. The Hall–Kier alpha value is -1.65. The number of anilines is 1. The van der Waals surface area contributed by atoms with Crippen molar-refractivity contribution in [1.29, 1.82) is 0 Å². The smallest absolute Gasteiger partial charge is 0.270 e. The van der Waals surface area contributed by atoms with Crippen LogP contribution in [0.15, 0.2) is 6.07 Å². The summed E-state index contributed by atoms with van der Waals surface area (Å²) in [5, 5.41) is 2.96. The molecule has 1 amide bonds. The van der Waals surface area contributed by atoms with Gasteiger partial charge in [-0.15, -0.1) is 0 Å². The standard InChI is InChI=1S/C18H30N4O/c1-13(2)12-19-17(23)16-11-15(14(3)4)20-18(21-16)22-9-7-5-6-8-10-22/h11,13-14H,5-10,12H2,1-4H3,(H,19,23). The Kier molecular flexibility index (Phi) is 6.37. The molecule has 1 saturated heterocycles. The SMILES string of the molecule is CC(C)CNC(=O)c1cc(C(C)C)nc(N2CCCCCC2)n1. The summed E-state index contributed by atoms with van der Waals surface area (Å²) in [6, 6.07) is 1.83. The molecule has 1 aliphatic rings. The highest BCUT2D eigenvalue weighted by Crippen LogP contribution is 2.20. The van der Waals surface area contributed by atoms with E-state index in [2.05, 4.69) is 42.9 Å². The number of carbonyl (C=O) groups is 1. The molecule has 0 aromatic carbocycles. The van der Waals surface area contributed by atoms with Crippen molar-refractivity contribution in [1.82, 2.24) is 15.3 Å². The maximum Gasteiger partial charge on any atom is 0.270 e. The summed E-state index contributed by atoms with van der Waals surface area (Å²) in [6.45, 7) is 11.0. The van der Waals surface area contributed by atoms with E-state index in [9.17, 15) is 4.79 Å². The van der Waals surface area contributed by atoms with Crippen LogP contribution in [0.2, 0.25) is 0 Å². The summed E-state index contributed by atoms with van der Waals surface area (Å²) < 4.78 is 0. The number of hydrogen-bond donors (Lipinski definition) is 1. The lowest BCUT2D eigenvalue weighted by atomic mass is 10.1. The maximum atomic E-state index is 12.4. The maximum absolute atomic E-state index is 12.4. The average Bonchev–Trinajstić information content (AvgIpc) is 2.81. The molecular weight excluding hydrogens is 288 g/mol. The number of amides is 1. The van der Waals surface area contributed by atoms with Crippen molar-refractivity contribution < 1.29 is 4.79 Å². The molecule has 5 heteroatoms. The molecule has 0 unspecified atom stereocenters. The molecule has 2 rings (SSSR count). The average molecular weight is 318 g/mol. The molecule has 1 aromatic rings. The largest absolute Gasteiger partial charge is 0.350 e. The van der Waals surface area contributed by atoms with Crippen molar-refractivity contribution in [3.05, 3.63) is 17.5 Å². The van der Waals surface area contributed by atoms with E-state index < -0.39 is 0 Å². The predicted molar refractivity (Wildman–Crippen MR) is 94.0 cm³/mol. The summed E-state index contributed by atoms with van der Waals surface area (Å²) in [7, 11) is 0. The van der Waals surface area contributed by atoms with Crippen LogP contribution in [-0.2, 0) is 0 Å². The summed E-state index contributed by atoms with van der Waals surface area (Å²) in [5.74, 6) is 1.32. The normalized spacial score (nSPS) is 15.8. The van der Waals surface area contributed by atoms with Gasteiger partial charge in [0, 0.05) is 25.3 Å². The summed E-state index contributed by atoms with van der Waals surface area (Å²) >= 11 is 0. The number of nitrogens with zero attached hydrogens (tertiary/aromatic N) is 3. The molecule has 5 nitrogen and oxygen atoms in total. The van der Waals surface area contributed by atoms with Crippen molar-refractivity contribution in [2.75, 3.05) is 24.5 Å². The number of aromatic nitrogens is 2. The van der Waals surface area contributed by atoms with Crippen LogP contribution in [-0.4, -0.2) is 35.5 Å². The Balaban J connectivity index is 2.25. The molecule has 0 radical (unpaired) electrons. The lowest BCUT2D eigenvalue weighted by Gasteiger charge is -2.22. The van der Waals surface area contributed by atoms with E-state index in [-0.39, 0.29) is 11.8 Å². The van der Waals surface area contributed by atoms with Gasteiger partial charge in [0.25, 0.3) is 5.91 Å². The minimum atomic E-state index is -0.0981. The van der Waals surface area contributed by atoms with Crippen LogP contribution in [0.5, 0.6) is 0 Å². The minimum absolute atomic E-state index is 0.0981. The first kappa shape index (κ1) is 17.7. The van der Waals surface area contributed by atoms with Crippen LogP contribution in [0.1, 0.15) is 75.5 Å². The summed E-state index contributed by atoms with van der Waals surface area (Å²) in [6.07, 6.45) is 4.87. The first-order valence-corrected chi connectivity index (χ1v) is 8.89. The molecule has 1 N–H and O–H groups in total. The van der Waals surface area contributed by atoms with Crippen LogP contribution in [0.3, 0.4) is 0 Å². The van der Waals surface area contributed by atoms with Crippen LogP contribution >= 0.6 is 0 Å². The van der Waals surface area contributed by atoms with Crippen LogP contribution < -0.4 is 10.2 Å². The molecule has 0 aliphatic carbocycles. The monoisotopic (exact) mass is 318 g/mol. The van der Waals surface area contributed by atoms with Gasteiger partial charge in [0.15, 0.2) is 0 Å². The van der Waals surface area contributed by atoms with Gasteiger partial charge in [0.1, 0.15) is 5.69 Å². The van der Waals surface area contributed by atoms with Crippen LogP contribution in [0.25, 0.3) is 0 Å². The zero-order valence-corrected chi connectivity index (χ0v) is 14.9. The quantitative estimate of drug-likeness (QED) is 0.904. The van der Waals surface area contributed by atoms with E-state index in [1.807, 2.05) is 6.07 Å². The molecule has 1 fully saturated rings. The molecule has 2 heterocycles. The van der Waals surface area contributed by atoms with Gasteiger partial charge in [-0.25, -0.2) is 9.97 Å². The molecular formula is C18H30N4O. The van der Waals surface area contributed by atoms with E-state index in [1.54, 1.807) is 0 Å². The fraction of sp³-hybridized carbons (Fsp3) is 0.722. The van der Waals surface area contributed by atoms with E-state index in [4.69, 9.17) is 4.98 Å². The van der Waals surface area contributed by atoms with Gasteiger partial charge >= 0.3 is 0 Å². The third-order valence-electron chi connectivity index (χ3n) is 4.12. The minimum Gasteiger partial charge on any atom is -0.350 e. The van der Waals surface area contributed by atoms with Crippen molar-refractivity contribution >= 4 is 11.9 Å². The summed E-state index contributed by atoms with van der Waals surface area (Å²) in [4.78, 5) is 23.9. The van der Waals surface area contributed by atoms with Crippen molar-refractivity contribution in [3.63, 3.8) is 0 Å². The fourth-order valence-corrected chi connectivity index (χ4v) is 2.66. The Labute approximate surface area is 139 Å². The Morgan fingerprint density at radius 3 is 2.35 bits per heavy atom. The number of rotatable bonds is 5. The molecule has 128 valence electrons. The molecule has 0 spiro atoms. The third kappa shape index (κ3) is 5.19. The Morgan fingerprint density at radius 1 is 1.13 bits per heavy atom. The highest BCUT2D eigenvalue weighted by Gasteiger charge is 2.18. The van der Waals surface area contributed by atoms with Crippen molar-refractivity contribution in [3.8, 4) is 0 Å². The Bertz CT molecular complexity index is 520. The number of nitrogens with one attached hydrogen (secondary N) is 1. The van der Waals surface area contributed by atoms with Gasteiger partial charge in [0.05, 0.1) is 0 Å². The highest BCUT2D eigenvalue weighted by atomic mass is 16.1. The lowest BCUT2D eigenvalue weighted by molar-refractivity contribution is 0.0943. The van der Waals surface area contributed by atoms with E-state index in [0.29, 0.717) is 24.1 Å². The van der Waals surface area contributed by atoms with Gasteiger partial charge in [-0.2, -0.15) is 0 Å². The predicted octanol–water partition coefficient (Wildman–Crippen LogP) is 3.37. The van der Waals surface area contributed by atoms with Gasteiger partial charge in [-0.05, 0) is 30.7 Å². The molecule has 1 aliphatic heterocycles. The fourth-order valence-electron chi connectivity index (χ4n) is 2.66. The molecule has 0 bridgehead atoms. The van der Waals surface area contributed by atoms with Gasteiger partial charge < -0.3 is 10.2 Å². The zero-order chi connectivity index (χ0) is 16.8. The van der Waals surface area contributed by atoms with Crippen molar-refractivity contribution in [2.24, 2.45) is 5.92 Å². The molecule has 0 saturated carbocycles. The van der Waals surface area contributed by atoms with Crippen molar-refractivity contribution in [2.45, 2.75) is 59.3 Å². The molecule has 23 heavy (non-hydrogen) atoms. The van der Waals surface area contributed by atoms with Gasteiger partial charge in [0.2, 0.25) is 5.95 Å². The number of hydrogen-bond acceptors (Lipinski definition) is 4. The molecule has 0 atom stereocenters. The van der Waals surface area contributed by atoms with Gasteiger partial charge in [-0.1, -0.05) is 40.5 Å². The zero-order valence-electron chi connectivity index (χ0n) is 14.9. The first-order chi connectivity index (χ1) is 11.0. The highest BCUT2D eigenvalue weighted by molar-refractivity contribution is 5.92. The van der Waals surface area contributed by atoms with E-state index in [1.165, 1.54) is 25.7 Å². The van der Waals surface area contributed by atoms with Crippen LogP contribution in [0.4, 0.5) is 5.95 Å². The second-order valence-electron chi connectivity index (χ2n) is 7.14. The van der Waals surface area contributed by atoms with E-state index >= 15 is 0 Å². The lowest BCUT2D eigenvalue weighted by Crippen LogP contribution is -2.31. The third-order valence-corrected chi connectivity index (χ3v) is 4.12. The molecule has 1 aromatic heterocycles. The van der Waals surface area contributed by atoms with Crippen LogP contribution in [0, 0.1) is 5.92 Å². The summed E-state index contributed by atoms with van der Waals surface area (Å²) in [5.41, 5.74) is 1.43. The Morgan fingerprint density at radius 2 is 1.78 bits per heavy atom. The second-order valence-corrected chi connectivity index (χ2v) is 7.14. The van der Waals surface area contributed by atoms with Gasteiger partial charge in [-0.3, -0.25) is 4.79 Å².